The van der Waals surface area contributed by atoms with Crippen molar-refractivity contribution >= 4 is 0 Å². The Hall–Kier alpha value is -0.900. The first-order chi connectivity index (χ1) is 8.78. The van der Waals surface area contributed by atoms with Crippen molar-refractivity contribution in [2.24, 2.45) is 17.8 Å². The molecule has 1 aromatic rings. The minimum Gasteiger partial charge on any atom is -0.392 e. The average molecular weight is 249 g/mol. The van der Waals surface area contributed by atoms with Gasteiger partial charge in [0.1, 0.15) is 12.2 Å². The van der Waals surface area contributed by atoms with Gasteiger partial charge < -0.3 is 5.11 Å². The van der Waals surface area contributed by atoms with E-state index in [0.29, 0.717) is 12.3 Å². The van der Waals surface area contributed by atoms with Crippen LogP contribution in [0.3, 0.4) is 0 Å². The van der Waals surface area contributed by atoms with Gasteiger partial charge in [-0.05, 0) is 43.4 Å². The maximum Gasteiger partial charge on any atom is 0.138 e. The molecule has 4 nitrogen and oxygen atoms in total. The van der Waals surface area contributed by atoms with E-state index in [1.807, 2.05) is 4.68 Å². The average Bonchev–Trinajstić information content (AvgIpc) is 3.06. The summed E-state index contributed by atoms with van der Waals surface area (Å²) in [6.45, 7) is 3.04. The fraction of sp³-hybridized carbons (Fsp3) is 0.857. The van der Waals surface area contributed by atoms with Crippen LogP contribution in [0.5, 0.6) is 0 Å². The lowest BCUT2D eigenvalue weighted by Gasteiger charge is -2.26. The highest BCUT2D eigenvalue weighted by Gasteiger charge is 2.42. The van der Waals surface area contributed by atoms with Gasteiger partial charge in [0.2, 0.25) is 0 Å². The Morgan fingerprint density at radius 2 is 2.33 bits per heavy atom. The maximum absolute atomic E-state index is 10.5. The highest BCUT2D eigenvalue weighted by atomic mass is 16.3. The Morgan fingerprint density at radius 1 is 1.44 bits per heavy atom. The van der Waals surface area contributed by atoms with E-state index in [0.717, 1.165) is 30.6 Å². The molecule has 0 amide bonds. The van der Waals surface area contributed by atoms with E-state index in [-0.39, 0.29) is 6.10 Å². The summed E-state index contributed by atoms with van der Waals surface area (Å²) < 4.78 is 1.94. The Morgan fingerprint density at radius 3 is 3.00 bits per heavy atom. The van der Waals surface area contributed by atoms with Crippen LogP contribution in [0, 0.1) is 17.8 Å². The van der Waals surface area contributed by atoms with Crippen LogP contribution < -0.4 is 0 Å². The first-order valence-corrected chi connectivity index (χ1v) is 7.32. The second-order valence-corrected chi connectivity index (χ2v) is 6.01. The minimum absolute atomic E-state index is 0.222. The number of nitrogens with zero attached hydrogens (tertiary/aromatic N) is 3. The molecule has 1 heterocycles. The summed E-state index contributed by atoms with van der Waals surface area (Å²) in [6, 6.07) is 0. The van der Waals surface area contributed by atoms with Crippen LogP contribution in [0.2, 0.25) is 0 Å². The molecule has 2 fully saturated rings. The van der Waals surface area contributed by atoms with Crippen LogP contribution in [-0.2, 0) is 13.0 Å². The zero-order valence-electron chi connectivity index (χ0n) is 11.1. The van der Waals surface area contributed by atoms with Gasteiger partial charge in [0.25, 0.3) is 0 Å². The zero-order chi connectivity index (χ0) is 12.5. The van der Waals surface area contributed by atoms with Gasteiger partial charge in [-0.2, -0.15) is 5.10 Å². The summed E-state index contributed by atoms with van der Waals surface area (Å²) in [5, 5.41) is 14.7. The van der Waals surface area contributed by atoms with Crippen molar-refractivity contribution in [1.29, 1.82) is 0 Å². The van der Waals surface area contributed by atoms with Crippen LogP contribution in [0.4, 0.5) is 0 Å². The van der Waals surface area contributed by atoms with E-state index in [1.54, 1.807) is 6.33 Å². The highest BCUT2D eigenvalue weighted by molar-refractivity contribution is 4.97. The molecular formula is C14H23N3O. The summed E-state index contributed by atoms with van der Waals surface area (Å²) in [5.74, 6) is 3.12. The summed E-state index contributed by atoms with van der Waals surface area (Å²) in [4.78, 5) is 4.30. The van der Waals surface area contributed by atoms with Gasteiger partial charge in [0.05, 0.1) is 6.10 Å². The van der Waals surface area contributed by atoms with E-state index in [2.05, 4.69) is 17.0 Å². The molecule has 2 saturated carbocycles. The highest BCUT2D eigenvalue weighted by Crippen LogP contribution is 2.49. The third kappa shape index (κ3) is 2.18. The molecular weight excluding hydrogens is 226 g/mol. The molecule has 0 saturated heterocycles. The maximum atomic E-state index is 10.5. The lowest BCUT2D eigenvalue weighted by molar-refractivity contribution is 0.0724. The van der Waals surface area contributed by atoms with Crippen molar-refractivity contribution in [2.45, 2.75) is 58.1 Å². The van der Waals surface area contributed by atoms with Gasteiger partial charge in [-0.3, -0.25) is 4.68 Å². The third-order valence-electron chi connectivity index (χ3n) is 4.81. The Labute approximate surface area is 108 Å². The molecule has 0 aromatic carbocycles. The number of rotatable bonds is 5. The molecule has 2 aliphatic rings. The first-order valence-electron chi connectivity index (χ1n) is 7.32. The molecule has 2 aliphatic carbocycles. The molecule has 4 unspecified atom stereocenters. The van der Waals surface area contributed by atoms with E-state index in [1.165, 1.54) is 25.7 Å². The molecule has 1 aromatic heterocycles. The van der Waals surface area contributed by atoms with E-state index in [9.17, 15) is 5.11 Å². The predicted molar refractivity (Wildman–Crippen MR) is 69.0 cm³/mol. The van der Waals surface area contributed by atoms with Crippen LogP contribution in [-0.4, -0.2) is 26.0 Å². The third-order valence-corrected chi connectivity index (χ3v) is 4.81. The quantitative estimate of drug-likeness (QED) is 0.868. The van der Waals surface area contributed by atoms with Gasteiger partial charge in [-0.15, -0.1) is 0 Å². The normalized spacial score (nSPS) is 32.0. The Kier molecular flexibility index (Phi) is 3.37. The number of hydrogen-bond donors (Lipinski definition) is 1. The number of aryl methyl sites for hydroxylation is 1. The SMILES string of the molecule is CCCn1ncnc1CC(O)C1CC2CCC1C2. The van der Waals surface area contributed by atoms with Crippen molar-refractivity contribution in [3.05, 3.63) is 12.2 Å². The molecule has 2 bridgehead atoms. The molecule has 1 N–H and O–H groups in total. The Balaban J connectivity index is 1.63. The van der Waals surface area contributed by atoms with Crippen molar-refractivity contribution in [1.82, 2.24) is 14.8 Å². The smallest absolute Gasteiger partial charge is 0.138 e. The molecule has 0 spiro atoms. The first kappa shape index (κ1) is 12.2. The lowest BCUT2D eigenvalue weighted by Crippen LogP contribution is -2.28. The van der Waals surface area contributed by atoms with Crippen LogP contribution in [0.15, 0.2) is 6.33 Å². The number of aromatic nitrogens is 3. The van der Waals surface area contributed by atoms with Crippen molar-refractivity contribution < 1.29 is 5.11 Å². The van der Waals surface area contributed by atoms with E-state index in [4.69, 9.17) is 0 Å². The van der Waals surface area contributed by atoms with Gasteiger partial charge in [-0.25, -0.2) is 4.98 Å². The fourth-order valence-electron chi connectivity index (χ4n) is 3.95. The second kappa shape index (κ2) is 5.00. The molecule has 18 heavy (non-hydrogen) atoms. The zero-order valence-corrected chi connectivity index (χ0v) is 11.1. The van der Waals surface area contributed by atoms with Crippen molar-refractivity contribution in [3.63, 3.8) is 0 Å². The molecule has 100 valence electrons. The topological polar surface area (TPSA) is 50.9 Å². The van der Waals surface area contributed by atoms with Gasteiger partial charge in [0, 0.05) is 13.0 Å². The Bertz CT molecular complexity index is 403. The van der Waals surface area contributed by atoms with Crippen LogP contribution in [0.25, 0.3) is 0 Å². The summed E-state index contributed by atoms with van der Waals surface area (Å²) in [5.41, 5.74) is 0. The van der Waals surface area contributed by atoms with Gasteiger partial charge in [-0.1, -0.05) is 13.3 Å². The van der Waals surface area contributed by atoms with E-state index < -0.39 is 0 Å². The molecule has 4 heteroatoms. The summed E-state index contributed by atoms with van der Waals surface area (Å²) in [6.07, 6.45) is 8.41. The molecule has 0 radical (unpaired) electrons. The standard InChI is InChI=1S/C14H23N3O/c1-2-5-17-14(15-9-16-17)8-13(18)12-7-10-3-4-11(12)6-10/h9-13,18H,2-8H2,1H3. The number of aliphatic hydroxyl groups is 1. The lowest BCUT2D eigenvalue weighted by atomic mass is 9.83. The number of aliphatic hydroxyl groups excluding tert-OH is 1. The minimum atomic E-state index is -0.222. The van der Waals surface area contributed by atoms with Crippen molar-refractivity contribution in [3.8, 4) is 0 Å². The predicted octanol–water partition coefficient (Wildman–Crippen LogP) is 2.03. The fourth-order valence-corrected chi connectivity index (χ4v) is 3.95. The van der Waals surface area contributed by atoms with E-state index >= 15 is 0 Å². The molecule has 4 atom stereocenters. The van der Waals surface area contributed by atoms with Gasteiger partial charge in [0.15, 0.2) is 0 Å². The molecule has 3 rings (SSSR count). The van der Waals surface area contributed by atoms with Crippen LogP contribution in [0.1, 0.15) is 44.9 Å². The summed E-state index contributed by atoms with van der Waals surface area (Å²) in [7, 11) is 0. The van der Waals surface area contributed by atoms with Crippen LogP contribution >= 0.6 is 0 Å². The second-order valence-electron chi connectivity index (χ2n) is 6.01. The summed E-state index contributed by atoms with van der Waals surface area (Å²) >= 11 is 0. The monoisotopic (exact) mass is 249 g/mol. The van der Waals surface area contributed by atoms with Crippen molar-refractivity contribution in [2.75, 3.05) is 0 Å². The number of fused-ring (bicyclic) bond motifs is 2. The largest absolute Gasteiger partial charge is 0.392 e. The van der Waals surface area contributed by atoms with Gasteiger partial charge >= 0.3 is 0 Å². The number of hydrogen-bond acceptors (Lipinski definition) is 3. The molecule has 0 aliphatic heterocycles.